The summed E-state index contributed by atoms with van der Waals surface area (Å²) in [5.41, 5.74) is 8.43. The lowest BCUT2D eigenvalue weighted by atomic mass is 10.0. The van der Waals surface area contributed by atoms with Gasteiger partial charge in [0.05, 0.1) is 19.1 Å². The van der Waals surface area contributed by atoms with Crippen LogP contribution in [0.4, 0.5) is 0 Å². The summed E-state index contributed by atoms with van der Waals surface area (Å²) in [6.07, 6.45) is 2.09. The van der Waals surface area contributed by atoms with E-state index in [1.165, 1.54) is 0 Å². The lowest BCUT2D eigenvalue weighted by molar-refractivity contribution is -0.141. The van der Waals surface area contributed by atoms with E-state index in [4.69, 9.17) is 10.8 Å². The summed E-state index contributed by atoms with van der Waals surface area (Å²) in [4.78, 5) is 64.6. The van der Waals surface area contributed by atoms with Crippen LogP contribution in [-0.2, 0) is 36.8 Å². The molecule has 0 radical (unpaired) electrons. The van der Waals surface area contributed by atoms with Crippen LogP contribution in [0.15, 0.2) is 60.8 Å². The third-order valence-electron chi connectivity index (χ3n) is 6.05. The van der Waals surface area contributed by atoms with Crippen LogP contribution in [0.3, 0.4) is 0 Å². The molecule has 0 aliphatic heterocycles. The number of hydrogen-bond acceptors (Lipinski definition) is 7. The highest BCUT2D eigenvalue weighted by atomic mass is 32.1. The second-order valence-electron chi connectivity index (χ2n) is 9.06. The normalized spacial score (nSPS) is 13.1. The number of aromatic amines is 1. The Hall–Kier alpha value is -4.36. The number of H-pyrrole nitrogens is 1. The van der Waals surface area contributed by atoms with Crippen molar-refractivity contribution in [3.05, 3.63) is 71.9 Å². The Morgan fingerprint density at radius 3 is 2.08 bits per heavy atom. The molecule has 2 aromatic carbocycles. The van der Waals surface area contributed by atoms with Crippen LogP contribution in [0.2, 0.25) is 0 Å². The van der Waals surface area contributed by atoms with Crippen LogP contribution < -0.4 is 27.0 Å². The van der Waals surface area contributed by atoms with Gasteiger partial charge >= 0.3 is 5.97 Å². The number of carboxylic acids is 1. The number of fused-ring (bicyclic) bond motifs is 1. The average molecular weight is 569 g/mol. The minimum Gasteiger partial charge on any atom is -0.480 e. The summed E-state index contributed by atoms with van der Waals surface area (Å²) in [6, 6.07) is 13.4. The molecule has 3 aromatic rings. The van der Waals surface area contributed by atoms with E-state index in [0.29, 0.717) is 0 Å². The van der Waals surface area contributed by atoms with Gasteiger partial charge in [-0.3, -0.25) is 19.2 Å². The number of benzene rings is 2. The fourth-order valence-corrected chi connectivity index (χ4v) is 4.20. The lowest BCUT2D eigenvalue weighted by Gasteiger charge is -2.19. The van der Waals surface area contributed by atoms with Crippen molar-refractivity contribution in [2.45, 2.75) is 31.0 Å². The van der Waals surface area contributed by atoms with Gasteiger partial charge in [-0.15, -0.1) is 0 Å². The molecule has 0 saturated heterocycles. The van der Waals surface area contributed by atoms with Gasteiger partial charge in [0, 0.05) is 29.3 Å². The zero-order valence-electron chi connectivity index (χ0n) is 21.6. The van der Waals surface area contributed by atoms with Crippen LogP contribution in [0.1, 0.15) is 11.1 Å². The topological polar surface area (TPSA) is 196 Å². The molecular weight excluding hydrogens is 536 g/mol. The first kappa shape index (κ1) is 30.2. The van der Waals surface area contributed by atoms with Crippen molar-refractivity contribution in [1.29, 1.82) is 0 Å². The number of amides is 4. The van der Waals surface area contributed by atoms with E-state index in [0.717, 1.165) is 22.0 Å². The molecule has 40 heavy (non-hydrogen) atoms. The van der Waals surface area contributed by atoms with Gasteiger partial charge < -0.3 is 37.1 Å². The lowest BCUT2D eigenvalue weighted by Crippen LogP contribution is -2.53. The number of nitrogens with one attached hydrogen (secondary N) is 5. The van der Waals surface area contributed by atoms with Crippen LogP contribution in [0, 0.1) is 0 Å². The Bertz CT molecular complexity index is 1350. The Labute approximate surface area is 235 Å². The summed E-state index contributed by atoms with van der Waals surface area (Å²) in [5.74, 6) is -3.94. The molecule has 0 unspecified atom stereocenters. The first-order valence-corrected chi connectivity index (χ1v) is 13.1. The van der Waals surface area contributed by atoms with E-state index >= 15 is 0 Å². The number of aromatic nitrogens is 1. The predicted molar refractivity (Wildman–Crippen MR) is 151 cm³/mol. The maximum absolute atomic E-state index is 13.0. The van der Waals surface area contributed by atoms with Crippen molar-refractivity contribution >= 4 is 53.1 Å². The molecule has 0 aliphatic carbocycles. The minimum atomic E-state index is -1.26. The van der Waals surface area contributed by atoms with Gasteiger partial charge in [-0.1, -0.05) is 48.5 Å². The van der Waals surface area contributed by atoms with Gasteiger partial charge in [-0.2, -0.15) is 12.6 Å². The Morgan fingerprint density at radius 2 is 1.43 bits per heavy atom. The molecule has 0 spiro atoms. The molecule has 1 heterocycles. The van der Waals surface area contributed by atoms with Crippen molar-refractivity contribution in [2.24, 2.45) is 5.73 Å². The summed E-state index contributed by atoms with van der Waals surface area (Å²) in [6.45, 7) is -0.927. The third-order valence-corrected chi connectivity index (χ3v) is 6.41. The van der Waals surface area contributed by atoms with E-state index in [9.17, 15) is 24.0 Å². The molecular formula is C27H32N6O6S. The quantitative estimate of drug-likeness (QED) is 0.120. The first-order chi connectivity index (χ1) is 19.2. The number of carboxylic acid groups (broad SMARTS) is 1. The zero-order valence-corrected chi connectivity index (χ0v) is 22.4. The van der Waals surface area contributed by atoms with Crippen molar-refractivity contribution in [2.75, 3.05) is 18.8 Å². The third kappa shape index (κ3) is 8.85. The van der Waals surface area contributed by atoms with E-state index in [-0.39, 0.29) is 18.6 Å². The van der Waals surface area contributed by atoms with Crippen LogP contribution in [-0.4, -0.2) is 76.7 Å². The molecule has 1 aromatic heterocycles. The summed E-state index contributed by atoms with van der Waals surface area (Å²) in [7, 11) is 0. The Morgan fingerprint density at radius 1 is 0.825 bits per heavy atom. The van der Waals surface area contributed by atoms with Gasteiger partial charge in [-0.05, 0) is 23.6 Å². The maximum Gasteiger partial charge on any atom is 0.327 e. The Kier molecular flexibility index (Phi) is 11.1. The number of para-hydroxylation sites is 1. The van der Waals surface area contributed by atoms with Gasteiger partial charge in [0.2, 0.25) is 23.6 Å². The molecule has 8 N–H and O–H groups in total. The average Bonchev–Trinajstić information content (AvgIpc) is 3.36. The molecule has 13 heteroatoms. The molecule has 12 nitrogen and oxygen atoms in total. The fraction of sp³-hybridized carbons (Fsp3) is 0.296. The number of carbonyl (C=O) groups is 5. The van der Waals surface area contributed by atoms with E-state index in [2.05, 4.69) is 38.9 Å². The van der Waals surface area contributed by atoms with Gasteiger partial charge in [0.25, 0.3) is 0 Å². The van der Waals surface area contributed by atoms with Crippen LogP contribution >= 0.6 is 12.6 Å². The maximum atomic E-state index is 13.0. The molecule has 3 rings (SSSR count). The van der Waals surface area contributed by atoms with Gasteiger partial charge in [0.15, 0.2) is 0 Å². The number of carbonyl (C=O) groups excluding carboxylic acids is 4. The molecule has 0 bridgehead atoms. The SMILES string of the molecule is N[C@@H](Cc1ccccc1)C(=O)NCC(=O)N[C@@H](Cc1c[nH]c2ccccc12)C(=O)NCC(=O)N[C@@H](CS)C(=O)O. The standard InChI is InChI=1S/C27H32N6O6S/c28-19(10-16-6-2-1-3-7-16)25(36)30-13-23(34)32-21(11-17-12-29-20-9-5-4-8-18(17)20)26(37)31-14-24(35)33-22(15-40)27(38)39/h1-9,12,19,21-22,29,40H,10-11,13-15,28H2,(H,30,36)(H,31,37)(H,32,34)(H,33,35)(H,38,39)/t19-,21-,22-/m0/s1. The highest BCUT2D eigenvalue weighted by molar-refractivity contribution is 7.80. The van der Waals surface area contributed by atoms with Crippen molar-refractivity contribution in [3.63, 3.8) is 0 Å². The second-order valence-corrected chi connectivity index (χ2v) is 9.42. The first-order valence-electron chi connectivity index (χ1n) is 12.5. The number of aliphatic carboxylic acids is 1. The zero-order chi connectivity index (χ0) is 29.1. The minimum absolute atomic E-state index is 0.0824. The predicted octanol–water partition coefficient (Wildman–Crippen LogP) is -0.503. The van der Waals surface area contributed by atoms with Gasteiger partial charge in [0.1, 0.15) is 12.1 Å². The van der Waals surface area contributed by atoms with E-state index in [1.54, 1.807) is 6.20 Å². The van der Waals surface area contributed by atoms with E-state index in [1.807, 2.05) is 54.6 Å². The van der Waals surface area contributed by atoms with Crippen molar-refractivity contribution in [1.82, 2.24) is 26.3 Å². The highest BCUT2D eigenvalue weighted by Gasteiger charge is 2.25. The smallest absolute Gasteiger partial charge is 0.327 e. The summed E-state index contributed by atoms with van der Waals surface area (Å²) >= 11 is 3.89. The molecule has 212 valence electrons. The molecule has 0 fully saturated rings. The number of thiol groups is 1. The molecule has 0 saturated carbocycles. The van der Waals surface area contributed by atoms with Crippen molar-refractivity contribution < 1.29 is 29.1 Å². The number of hydrogen-bond donors (Lipinski definition) is 8. The monoisotopic (exact) mass is 568 g/mol. The molecule has 3 atom stereocenters. The largest absolute Gasteiger partial charge is 0.480 e. The van der Waals surface area contributed by atoms with Crippen LogP contribution in [0.5, 0.6) is 0 Å². The molecule has 4 amide bonds. The fourth-order valence-electron chi connectivity index (χ4n) is 3.96. The number of nitrogens with two attached hydrogens (primary N) is 1. The van der Waals surface area contributed by atoms with E-state index < -0.39 is 60.8 Å². The van der Waals surface area contributed by atoms with Crippen molar-refractivity contribution in [3.8, 4) is 0 Å². The molecule has 0 aliphatic rings. The second kappa shape index (κ2) is 14.7. The van der Waals surface area contributed by atoms with Gasteiger partial charge in [-0.25, -0.2) is 4.79 Å². The Balaban J connectivity index is 1.62. The summed E-state index contributed by atoms with van der Waals surface area (Å²) in [5, 5.41) is 19.7. The van der Waals surface area contributed by atoms with Crippen LogP contribution in [0.25, 0.3) is 10.9 Å². The highest BCUT2D eigenvalue weighted by Crippen LogP contribution is 2.19. The number of rotatable bonds is 14. The summed E-state index contributed by atoms with van der Waals surface area (Å²) < 4.78 is 0.